The SMILES string of the molecule is O=C(CCCNC(=O)c1cc([N+](=O)[O-])ccc1I)Nc1ccc(Cl)cc1. The molecule has 0 aliphatic heterocycles. The molecular weight excluding hydrogens is 473 g/mol. The van der Waals surface area contributed by atoms with E-state index in [1.807, 2.05) is 22.6 Å². The van der Waals surface area contributed by atoms with E-state index in [9.17, 15) is 19.7 Å². The third-order valence-electron chi connectivity index (χ3n) is 3.40. The molecule has 2 N–H and O–H groups in total. The average molecular weight is 488 g/mol. The molecule has 0 fully saturated rings. The van der Waals surface area contributed by atoms with Gasteiger partial charge in [-0.3, -0.25) is 19.7 Å². The number of carbonyl (C=O) groups excluding carboxylic acids is 2. The lowest BCUT2D eigenvalue weighted by Gasteiger charge is -2.08. The van der Waals surface area contributed by atoms with E-state index in [0.29, 0.717) is 20.7 Å². The molecule has 9 heteroatoms. The lowest BCUT2D eigenvalue weighted by atomic mass is 10.2. The van der Waals surface area contributed by atoms with E-state index < -0.39 is 10.8 Å². The predicted molar refractivity (Wildman–Crippen MR) is 107 cm³/mol. The van der Waals surface area contributed by atoms with E-state index in [0.717, 1.165) is 0 Å². The molecule has 0 bridgehead atoms. The molecule has 2 rings (SSSR count). The Morgan fingerprint density at radius 1 is 1.15 bits per heavy atom. The van der Waals surface area contributed by atoms with Crippen LogP contribution in [0.15, 0.2) is 42.5 Å². The van der Waals surface area contributed by atoms with E-state index in [2.05, 4.69) is 10.6 Å². The Balaban J connectivity index is 1.79. The quantitative estimate of drug-likeness (QED) is 0.267. The minimum absolute atomic E-state index is 0.141. The number of non-ortho nitro benzene ring substituents is 1. The number of benzene rings is 2. The van der Waals surface area contributed by atoms with Crippen LogP contribution in [0.3, 0.4) is 0 Å². The summed E-state index contributed by atoms with van der Waals surface area (Å²) in [4.78, 5) is 34.3. The van der Waals surface area contributed by atoms with Crippen LogP contribution in [0.1, 0.15) is 23.2 Å². The summed E-state index contributed by atoms with van der Waals surface area (Å²) in [5, 5.41) is 16.8. The van der Waals surface area contributed by atoms with Crippen LogP contribution < -0.4 is 10.6 Å². The molecule has 26 heavy (non-hydrogen) atoms. The summed E-state index contributed by atoms with van der Waals surface area (Å²) in [5.74, 6) is -0.581. The number of nitrogens with zero attached hydrogens (tertiary/aromatic N) is 1. The Labute approximate surface area is 168 Å². The van der Waals surface area contributed by atoms with Gasteiger partial charge in [0.1, 0.15) is 0 Å². The smallest absolute Gasteiger partial charge is 0.270 e. The summed E-state index contributed by atoms with van der Waals surface area (Å²) < 4.78 is 0.617. The van der Waals surface area contributed by atoms with Gasteiger partial charge in [0.25, 0.3) is 11.6 Å². The molecule has 0 spiro atoms. The van der Waals surface area contributed by atoms with Crippen molar-refractivity contribution in [3.63, 3.8) is 0 Å². The van der Waals surface area contributed by atoms with Gasteiger partial charge < -0.3 is 10.6 Å². The van der Waals surface area contributed by atoms with E-state index in [1.165, 1.54) is 18.2 Å². The molecule has 0 heterocycles. The summed E-state index contributed by atoms with van der Waals surface area (Å²) in [7, 11) is 0. The largest absolute Gasteiger partial charge is 0.352 e. The van der Waals surface area contributed by atoms with Crippen molar-refractivity contribution in [3.05, 3.63) is 66.7 Å². The van der Waals surface area contributed by atoms with Gasteiger partial charge in [0, 0.05) is 39.4 Å². The van der Waals surface area contributed by atoms with E-state index in [-0.39, 0.29) is 30.1 Å². The number of hydrogen-bond acceptors (Lipinski definition) is 4. The molecule has 0 aliphatic rings. The summed E-state index contributed by atoms with van der Waals surface area (Å²) in [5.41, 5.74) is 0.748. The van der Waals surface area contributed by atoms with Gasteiger partial charge in [0.05, 0.1) is 10.5 Å². The van der Waals surface area contributed by atoms with Gasteiger partial charge >= 0.3 is 0 Å². The number of nitro benzene ring substituents is 1. The number of carbonyl (C=O) groups is 2. The molecule has 0 saturated carbocycles. The lowest BCUT2D eigenvalue weighted by Crippen LogP contribution is -2.26. The fourth-order valence-corrected chi connectivity index (χ4v) is 2.81. The van der Waals surface area contributed by atoms with Crippen molar-refractivity contribution >= 4 is 57.4 Å². The average Bonchev–Trinajstić information content (AvgIpc) is 2.60. The second-order valence-electron chi connectivity index (χ2n) is 5.34. The molecule has 2 amide bonds. The van der Waals surface area contributed by atoms with Crippen LogP contribution in [0.5, 0.6) is 0 Å². The Morgan fingerprint density at radius 2 is 1.85 bits per heavy atom. The fraction of sp³-hybridized carbons (Fsp3) is 0.176. The standard InChI is InChI=1S/C17H15ClIN3O4/c18-11-3-5-12(6-4-11)21-16(23)2-1-9-20-17(24)14-10-13(22(25)26)7-8-15(14)19/h3-8,10H,1-2,9H2,(H,20,24)(H,21,23). The van der Waals surface area contributed by atoms with E-state index >= 15 is 0 Å². The number of nitro groups is 1. The zero-order valence-corrected chi connectivity index (χ0v) is 16.4. The topological polar surface area (TPSA) is 101 Å². The molecule has 0 aromatic heterocycles. The molecule has 7 nitrogen and oxygen atoms in total. The molecule has 0 unspecified atom stereocenters. The van der Waals surface area contributed by atoms with Crippen LogP contribution in [-0.4, -0.2) is 23.3 Å². The first-order chi connectivity index (χ1) is 12.4. The Hall–Kier alpha value is -2.20. The van der Waals surface area contributed by atoms with Gasteiger partial charge in [-0.2, -0.15) is 0 Å². The van der Waals surface area contributed by atoms with Gasteiger partial charge in [0.15, 0.2) is 0 Å². The lowest BCUT2D eigenvalue weighted by molar-refractivity contribution is -0.384. The number of anilines is 1. The summed E-state index contributed by atoms with van der Waals surface area (Å²) in [6.45, 7) is 0.283. The maximum Gasteiger partial charge on any atom is 0.270 e. The van der Waals surface area contributed by atoms with Gasteiger partial charge in [-0.1, -0.05) is 11.6 Å². The van der Waals surface area contributed by atoms with Crippen LogP contribution >= 0.6 is 34.2 Å². The molecule has 0 radical (unpaired) electrons. The summed E-state index contributed by atoms with van der Waals surface area (Å²) in [6.07, 6.45) is 0.672. The highest BCUT2D eigenvalue weighted by Crippen LogP contribution is 2.19. The summed E-state index contributed by atoms with van der Waals surface area (Å²) in [6, 6.07) is 10.9. The van der Waals surface area contributed by atoms with Gasteiger partial charge in [-0.05, 0) is 59.3 Å². The zero-order valence-electron chi connectivity index (χ0n) is 13.5. The first-order valence-electron chi connectivity index (χ1n) is 7.64. The second kappa shape index (κ2) is 9.48. The van der Waals surface area contributed by atoms with Crippen molar-refractivity contribution in [2.75, 3.05) is 11.9 Å². The van der Waals surface area contributed by atoms with Crippen LogP contribution in [0.2, 0.25) is 5.02 Å². The predicted octanol–water partition coefficient (Wildman–Crippen LogP) is 4.00. The highest BCUT2D eigenvalue weighted by atomic mass is 127. The molecule has 2 aromatic rings. The fourth-order valence-electron chi connectivity index (χ4n) is 2.10. The monoisotopic (exact) mass is 487 g/mol. The maximum absolute atomic E-state index is 12.2. The minimum atomic E-state index is -0.548. The van der Waals surface area contributed by atoms with Crippen molar-refractivity contribution in [3.8, 4) is 0 Å². The zero-order chi connectivity index (χ0) is 19.1. The van der Waals surface area contributed by atoms with Crippen LogP contribution in [0.25, 0.3) is 0 Å². The normalized spacial score (nSPS) is 10.2. The first kappa shape index (κ1) is 20.1. The molecule has 2 aromatic carbocycles. The molecule has 0 atom stereocenters. The molecule has 136 valence electrons. The number of amides is 2. The minimum Gasteiger partial charge on any atom is -0.352 e. The van der Waals surface area contributed by atoms with E-state index in [1.54, 1.807) is 24.3 Å². The second-order valence-corrected chi connectivity index (χ2v) is 6.93. The number of rotatable bonds is 7. The molecule has 0 aliphatic carbocycles. The Kier molecular flexibility index (Phi) is 7.34. The van der Waals surface area contributed by atoms with Crippen molar-refractivity contribution < 1.29 is 14.5 Å². The van der Waals surface area contributed by atoms with Crippen LogP contribution in [0.4, 0.5) is 11.4 Å². The highest BCUT2D eigenvalue weighted by molar-refractivity contribution is 14.1. The number of halogens is 2. The first-order valence-corrected chi connectivity index (χ1v) is 9.10. The van der Waals surface area contributed by atoms with Crippen LogP contribution in [-0.2, 0) is 4.79 Å². The van der Waals surface area contributed by atoms with Crippen molar-refractivity contribution in [2.24, 2.45) is 0 Å². The van der Waals surface area contributed by atoms with Gasteiger partial charge in [0.2, 0.25) is 5.91 Å². The third-order valence-corrected chi connectivity index (χ3v) is 4.59. The Bertz CT molecular complexity index is 827. The maximum atomic E-state index is 12.2. The molecular formula is C17H15ClIN3O4. The molecule has 0 saturated heterocycles. The van der Waals surface area contributed by atoms with Gasteiger partial charge in [-0.15, -0.1) is 0 Å². The number of hydrogen-bond donors (Lipinski definition) is 2. The van der Waals surface area contributed by atoms with Crippen LogP contribution in [0, 0.1) is 13.7 Å². The third kappa shape index (κ3) is 5.95. The Morgan fingerprint density at radius 3 is 2.50 bits per heavy atom. The van der Waals surface area contributed by atoms with E-state index in [4.69, 9.17) is 11.6 Å². The summed E-state index contributed by atoms with van der Waals surface area (Å²) >= 11 is 7.72. The van der Waals surface area contributed by atoms with Crippen molar-refractivity contribution in [1.29, 1.82) is 0 Å². The van der Waals surface area contributed by atoms with Gasteiger partial charge in [-0.25, -0.2) is 0 Å². The highest BCUT2D eigenvalue weighted by Gasteiger charge is 2.15. The van der Waals surface area contributed by atoms with Crippen molar-refractivity contribution in [1.82, 2.24) is 5.32 Å². The van der Waals surface area contributed by atoms with Crippen molar-refractivity contribution in [2.45, 2.75) is 12.8 Å². The number of nitrogens with one attached hydrogen (secondary N) is 2.